The number of carbonyl (C=O) groups is 1. The van der Waals surface area contributed by atoms with Gasteiger partial charge in [0.25, 0.3) is 0 Å². The number of fused-ring (bicyclic) bond motifs is 1. The number of benzene rings is 1. The quantitative estimate of drug-likeness (QED) is 0.744. The first-order valence-corrected chi connectivity index (χ1v) is 6.51. The highest BCUT2D eigenvalue weighted by Gasteiger charge is 2.51. The molecule has 90 valence electrons. The van der Waals surface area contributed by atoms with Crippen molar-refractivity contribution < 1.29 is 9.53 Å². The minimum absolute atomic E-state index is 0.0160. The van der Waals surface area contributed by atoms with Crippen molar-refractivity contribution in [3.05, 3.63) is 35.9 Å². The van der Waals surface area contributed by atoms with Crippen molar-refractivity contribution in [2.24, 2.45) is 17.8 Å². The summed E-state index contributed by atoms with van der Waals surface area (Å²) in [6, 6.07) is 9.94. The summed E-state index contributed by atoms with van der Waals surface area (Å²) in [6.07, 6.45) is 3.49. The summed E-state index contributed by atoms with van der Waals surface area (Å²) in [5.74, 6) is 1.69. The van der Waals surface area contributed by atoms with Crippen LogP contribution in [-0.4, -0.2) is 5.97 Å². The summed E-state index contributed by atoms with van der Waals surface area (Å²) < 4.78 is 5.55. The summed E-state index contributed by atoms with van der Waals surface area (Å²) in [4.78, 5) is 12.0. The molecule has 0 spiro atoms. The first kappa shape index (κ1) is 10.8. The Kier molecular flexibility index (Phi) is 2.65. The Morgan fingerprint density at radius 2 is 2.06 bits per heavy atom. The van der Waals surface area contributed by atoms with Crippen LogP contribution in [0.25, 0.3) is 0 Å². The number of esters is 1. The summed E-state index contributed by atoms with van der Waals surface area (Å²) in [6.45, 7) is 1.95. The summed E-state index contributed by atoms with van der Waals surface area (Å²) in [5, 5.41) is 0. The Labute approximate surface area is 102 Å². The number of ether oxygens (including phenoxy) is 1. The highest BCUT2D eigenvalue weighted by molar-refractivity contribution is 5.74. The fourth-order valence-corrected chi connectivity index (χ4v) is 3.05. The zero-order chi connectivity index (χ0) is 11.8. The van der Waals surface area contributed by atoms with Gasteiger partial charge in [-0.2, -0.15) is 0 Å². The molecule has 0 N–H and O–H groups in total. The third-order valence-electron chi connectivity index (χ3n) is 4.41. The van der Waals surface area contributed by atoms with E-state index in [0.717, 1.165) is 17.9 Å². The molecule has 0 aromatic heterocycles. The molecule has 1 aromatic carbocycles. The van der Waals surface area contributed by atoms with Gasteiger partial charge in [0.05, 0.1) is 5.92 Å². The van der Waals surface area contributed by atoms with Crippen LogP contribution < -0.4 is 0 Å². The first-order valence-electron chi connectivity index (χ1n) is 6.51. The predicted octanol–water partition coefficient (Wildman–Crippen LogP) is 3.34. The molecular formula is C15H18O2. The first-order chi connectivity index (χ1) is 8.25. The fraction of sp³-hybridized carbons (Fsp3) is 0.533. The van der Waals surface area contributed by atoms with Crippen molar-refractivity contribution in [3.63, 3.8) is 0 Å². The SMILES string of the molecule is C[C@@H](OC(=O)[C@H]1CC2CC[C@@H]21)c1ccccc1. The average molecular weight is 230 g/mol. The highest BCUT2D eigenvalue weighted by atomic mass is 16.5. The molecule has 2 saturated carbocycles. The summed E-state index contributed by atoms with van der Waals surface area (Å²) in [7, 11) is 0. The minimum Gasteiger partial charge on any atom is -0.458 e. The summed E-state index contributed by atoms with van der Waals surface area (Å²) in [5.41, 5.74) is 1.07. The minimum atomic E-state index is -0.122. The molecule has 2 nitrogen and oxygen atoms in total. The van der Waals surface area contributed by atoms with Crippen molar-refractivity contribution in [2.75, 3.05) is 0 Å². The van der Waals surface area contributed by atoms with Crippen LogP contribution in [0.15, 0.2) is 30.3 Å². The van der Waals surface area contributed by atoms with Gasteiger partial charge in [-0.15, -0.1) is 0 Å². The highest BCUT2D eigenvalue weighted by Crippen LogP contribution is 2.54. The Bertz CT molecular complexity index is 412. The Morgan fingerprint density at radius 1 is 1.29 bits per heavy atom. The number of rotatable bonds is 3. The maximum Gasteiger partial charge on any atom is 0.309 e. The van der Waals surface area contributed by atoms with Crippen LogP contribution in [0.1, 0.15) is 37.9 Å². The van der Waals surface area contributed by atoms with E-state index < -0.39 is 0 Å². The van der Waals surface area contributed by atoms with Crippen molar-refractivity contribution in [1.82, 2.24) is 0 Å². The number of hydrogen-bond donors (Lipinski definition) is 0. The average Bonchev–Trinajstić information content (AvgIpc) is 2.33. The van der Waals surface area contributed by atoms with Gasteiger partial charge in [0.2, 0.25) is 0 Å². The summed E-state index contributed by atoms with van der Waals surface area (Å²) >= 11 is 0. The maximum absolute atomic E-state index is 12.0. The molecule has 1 unspecified atom stereocenters. The number of carbonyl (C=O) groups excluding carboxylic acids is 1. The van der Waals surface area contributed by atoms with E-state index in [1.54, 1.807) is 0 Å². The van der Waals surface area contributed by atoms with Crippen LogP contribution in [0.3, 0.4) is 0 Å². The van der Waals surface area contributed by atoms with Crippen LogP contribution in [0.5, 0.6) is 0 Å². The van der Waals surface area contributed by atoms with Gasteiger partial charge in [-0.05, 0) is 43.6 Å². The van der Waals surface area contributed by atoms with E-state index in [1.165, 1.54) is 12.8 Å². The molecular weight excluding hydrogens is 212 g/mol. The van der Waals surface area contributed by atoms with Crippen molar-refractivity contribution in [1.29, 1.82) is 0 Å². The zero-order valence-electron chi connectivity index (χ0n) is 10.1. The molecule has 0 amide bonds. The molecule has 17 heavy (non-hydrogen) atoms. The van der Waals surface area contributed by atoms with Crippen molar-refractivity contribution in [3.8, 4) is 0 Å². The van der Waals surface area contributed by atoms with Crippen molar-refractivity contribution >= 4 is 5.97 Å². The van der Waals surface area contributed by atoms with Gasteiger partial charge in [-0.3, -0.25) is 4.79 Å². The van der Waals surface area contributed by atoms with E-state index in [1.807, 2.05) is 37.3 Å². The Morgan fingerprint density at radius 3 is 2.59 bits per heavy atom. The third kappa shape index (κ3) is 1.86. The molecule has 2 aliphatic rings. The molecule has 0 saturated heterocycles. The second-order valence-corrected chi connectivity index (χ2v) is 5.33. The molecule has 1 aromatic rings. The standard InChI is InChI=1S/C15H18O2/c1-10(11-5-3-2-4-6-11)17-15(16)14-9-12-7-8-13(12)14/h2-6,10,12-14H,7-9H2,1H3/t10-,12?,13+,14+/m1/s1. The lowest BCUT2D eigenvalue weighted by Crippen LogP contribution is -2.48. The smallest absolute Gasteiger partial charge is 0.309 e. The molecule has 0 heterocycles. The van der Waals surface area contributed by atoms with E-state index in [-0.39, 0.29) is 18.0 Å². The van der Waals surface area contributed by atoms with Crippen molar-refractivity contribution in [2.45, 2.75) is 32.3 Å². The molecule has 2 heteroatoms. The number of hydrogen-bond acceptors (Lipinski definition) is 2. The van der Waals surface area contributed by atoms with E-state index >= 15 is 0 Å². The predicted molar refractivity (Wildman–Crippen MR) is 65.3 cm³/mol. The second kappa shape index (κ2) is 4.17. The van der Waals surface area contributed by atoms with E-state index in [9.17, 15) is 4.79 Å². The van der Waals surface area contributed by atoms with E-state index in [4.69, 9.17) is 4.74 Å². The van der Waals surface area contributed by atoms with Crippen LogP contribution in [0.4, 0.5) is 0 Å². The second-order valence-electron chi connectivity index (χ2n) is 5.33. The molecule has 0 bridgehead atoms. The van der Waals surface area contributed by atoms with Gasteiger partial charge < -0.3 is 4.74 Å². The zero-order valence-corrected chi connectivity index (χ0v) is 10.1. The lowest BCUT2D eigenvalue weighted by Gasteiger charge is -2.51. The maximum atomic E-state index is 12.0. The van der Waals surface area contributed by atoms with Crippen LogP contribution >= 0.6 is 0 Å². The Hall–Kier alpha value is -1.31. The largest absolute Gasteiger partial charge is 0.458 e. The lowest BCUT2D eigenvalue weighted by molar-refractivity contribution is -0.169. The molecule has 0 aliphatic heterocycles. The van der Waals surface area contributed by atoms with Gasteiger partial charge in [0.15, 0.2) is 0 Å². The van der Waals surface area contributed by atoms with Gasteiger partial charge in [-0.1, -0.05) is 30.3 Å². The van der Waals surface area contributed by atoms with Crippen LogP contribution in [0, 0.1) is 17.8 Å². The molecule has 2 fully saturated rings. The monoisotopic (exact) mass is 230 g/mol. The molecule has 0 radical (unpaired) electrons. The Balaban J connectivity index is 1.58. The van der Waals surface area contributed by atoms with Gasteiger partial charge >= 0.3 is 5.97 Å². The van der Waals surface area contributed by atoms with E-state index in [2.05, 4.69) is 0 Å². The fourth-order valence-electron chi connectivity index (χ4n) is 3.05. The lowest BCUT2D eigenvalue weighted by atomic mass is 9.53. The van der Waals surface area contributed by atoms with Gasteiger partial charge in [-0.25, -0.2) is 0 Å². The van der Waals surface area contributed by atoms with Gasteiger partial charge in [0, 0.05) is 0 Å². The van der Waals surface area contributed by atoms with Crippen LogP contribution in [0.2, 0.25) is 0 Å². The third-order valence-corrected chi connectivity index (χ3v) is 4.41. The van der Waals surface area contributed by atoms with Gasteiger partial charge in [0.1, 0.15) is 6.10 Å². The van der Waals surface area contributed by atoms with Crippen LogP contribution in [-0.2, 0) is 9.53 Å². The van der Waals surface area contributed by atoms with E-state index in [0.29, 0.717) is 5.92 Å². The normalized spacial score (nSPS) is 31.7. The molecule has 4 atom stereocenters. The topological polar surface area (TPSA) is 26.3 Å². The molecule has 2 aliphatic carbocycles. The molecule has 3 rings (SSSR count).